The fraction of sp³-hybridized carbons (Fsp3) is 0.643. The molecule has 0 saturated heterocycles. The fourth-order valence-electron chi connectivity index (χ4n) is 1.36. The molecule has 0 radical (unpaired) electrons. The predicted octanol–water partition coefficient (Wildman–Crippen LogP) is 3.75. The second kappa shape index (κ2) is 6.48. The van der Waals surface area contributed by atoms with Crippen LogP contribution in [-0.2, 0) is 0 Å². The Bertz CT molecular complexity index is 334. The minimum atomic E-state index is 0.334. The largest absolute Gasteiger partial charge is 0.384 e. The van der Waals surface area contributed by atoms with Crippen LogP contribution in [0.3, 0.4) is 0 Å². The van der Waals surface area contributed by atoms with Gasteiger partial charge in [0.25, 0.3) is 0 Å². The molecule has 0 fully saturated rings. The highest BCUT2D eigenvalue weighted by Gasteiger charge is 2.14. The van der Waals surface area contributed by atoms with E-state index in [0.29, 0.717) is 5.41 Å². The van der Waals surface area contributed by atoms with E-state index in [-0.39, 0.29) is 0 Å². The van der Waals surface area contributed by atoms with Gasteiger partial charge in [-0.1, -0.05) is 27.7 Å². The van der Waals surface area contributed by atoms with Gasteiger partial charge in [0.2, 0.25) is 0 Å². The highest BCUT2D eigenvalue weighted by molar-refractivity contribution is 5.51. The van der Waals surface area contributed by atoms with Crippen molar-refractivity contribution in [1.29, 1.82) is 0 Å². The molecule has 96 valence electrons. The molecule has 0 atom stereocenters. The van der Waals surface area contributed by atoms with Crippen LogP contribution in [0.5, 0.6) is 0 Å². The number of nitrogens with one attached hydrogen (secondary N) is 2. The van der Waals surface area contributed by atoms with Crippen LogP contribution in [0.4, 0.5) is 11.5 Å². The molecule has 0 saturated carbocycles. The predicted molar refractivity (Wildman–Crippen MR) is 75.6 cm³/mol. The zero-order chi connectivity index (χ0) is 12.7. The standard InChI is InChI=1S/C14H25N3/c1-5-8-15-13-10-12(7-9-16-13)17-11-14(3,4)6-2/h7,9-10H,5-6,8,11H2,1-4H3,(H2,15,16,17). The molecule has 0 aliphatic heterocycles. The van der Waals surface area contributed by atoms with E-state index in [1.807, 2.05) is 12.3 Å². The highest BCUT2D eigenvalue weighted by Crippen LogP contribution is 2.21. The van der Waals surface area contributed by atoms with Crippen molar-refractivity contribution in [2.45, 2.75) is 40.5 Å². The highest BCUT2D eigenvalue weighted by atomic mass is 15.0. The van der Waals surface area contributed by atoms with Crippen molar-refractivity contribution < 1.29 is 0 Å². The minimum absolute atomic E-state index is 0.334. The maximum Gasteiger partial charge on any atom is 0.127 e. The second-order valence-electron chi connectivity index (χ2n) is 5.23. The smallest absolute Gasteiger partial charge is 0.127 e. The lowest BCUT2D eigenvalue weighted by molar-refractivity contribution is 0.377. The minimum Gasteiger partial charge on any atom is -0.384 e. The first-order valence-corrected chi connectivity index (χ1v) is 6.51. The molecule has 17 heavy (non-hydrogen) atoms. The van der Waals surface area contributed by atoms with E-state index in [0.717, 1.165) is 31.0 Å². The summed E-state index contributed by atoms with van der Waals surface area (Å²) in [6.45, 7) is 10.9. The lowest BCUT2D eigenvalue weighted by Gasteiger charge is -2.23. The van der Waals surface area contributed by atoms with Gasteiger partial charge in [0.05, 0.1) is 0 Å². The van der Waals surface area contributed by atoms with E-state index >= 15 is 0 Å². The van der Waals surface area contributed by atoms with Crippen LogP contribution in [-0.4, -0.2) is 18.1 Å². The van der Waals surface area contributed by atoms with Crippen LogP contribution >= 0.6 is 0 Å². The number of hydrogen-bond acceptors (Lipinski definition) is 3. The number of rotatable bonds is 7. The Hall–Kier alpha value is -1.25. The summed E-state index contributed by atoms with van der Waals surface area (Å²) in [5.41, 5.74) is 1.47. The van der Waals surface area contributed by atoms with Crippen LogP contribution in [0, 0.1) is 5.41 Å². The Balaban J connectivity index is 2.53. The normalized spacial score (nSPS) is 11.3. The molecule has 1 aromatic heterocycles. The number of nitrogens with zero attached hydrogens (tertiary/aromatic N) is 1. The first-order chi connectivity index (χ1) is 8.07. The average molecular weight is 235 g/mol. The Morgan fingerprint density at radius 2 is 2.00 bits per heavy atom. The molecule has 0 aliphatic rings. The molecule has 0 aliphatic carbocycles. The third-order valence-electron chi connectivity index (χ3n) is 3.04. The first kappa shape index (κ1) is 13.8. The summed E-state index contributed by atoms with van der Waals surface area (Å²) < 4.78 is 0. The molecular formula is C14H25N3. The molecule has 0 spiro atoms. The summed E-state index contributed by atoms with van der Waals surface area (Å²) in [4.78, 5) is 4.29. The SMILES string of the molecule is CCCNc1cc(NCC(C)(C)CC)ccn1. The number of hydrogen-bond donors (Lipinski definition) is 2. The van der Waals surface area contributed by atoms with Crippen molar-refractivity contribution in [3.8, 4) is 0 Å². The summed E-state index contributed by atoms with van der Waals surface area (Å²) in [5, 5.41) is 6.77. The van der Waals surface area contributed by atoms with Crippen molar-refractivity contribution >= 4 is 11.5 Å². The van der Waals surface area contributed by atoms with Gasteiger partial charge in [0.1, 0.15) is 5.82 Å². The molecule has 1 heterocycles. The summed E-state index contributed by atoms with van der Waals surface area (Å²) in [6, 6.07) is 4.09. The lowest BCUT2D eigenvalue weighted by Crippen LogP contribution is -2.22. The number of aromatic nitrogens is 1. The van der Waals surface area contributed by atoms with Crippen molar-refractivity contribution in [1.82, 2.24) is 4.98 Å². The van der Waals surface area contributed by atoms with E-state index < -0.39 is 0 Å². The second-order valence-corrected chi connectivity index (χ2v) is 5.23. The molecule has 0 unspecified atom stereocenters. The fourth-order valence-corrected chi connectivity index (χ4v) is 1.36. The van der Waals surface area contributed by atoms with Crippen LogP contribution in [0.25, 0.3) is 0 Å². The molecule has 3 heteroatoms. The van der Waals surface area contributed by atoms with Gasteiger partial charge in [-0.2, -0.15) is 0 Å². The number of anilines is 2. The summed E-state index contributed by atoms with van der Waals surface area (Å²) in [6.07, 6.45) is 4.13. The third kappa shape index (κ3) is 5.07. The van der Waals surface area contributed by atoms with Crippen molar-refractivity contribution in [2.75, 3.05) is 23.7 Å². The molecule has 2 N–H and O–H groups in total. The summed E-state index contributed by atoms with van der Waals surface area (Å²) in [5.74, 6) is 0.950. The Morgan fingerprint density at radius 1 is 1.24 bits per heavy atom. The van der Waals surface area contributed by atoms with E-state index in [1.165, 1.54) is 6.42 Å². The average Bonchev–Trinajstić information content (AvgIpc) is 2.35. The first-order valence-electron chi connectivity index (χ1n) is 6.51. The van der Waals surface area contributed by atoms with Gasteiger partial charge in [-0.3, -0.25) is 0 Å². The van der Waals surface area contributed by atoms with Gasteiger partial charge in [-0.05, 0) is 24.3 Å². The van der Waals surface area contributed by atoms with Crippen LogP contribution in [0.1, 0.15) is 40.5 Å². The van der Waals surface area contributed by atoms with Gasteiger partial charge < -0.3 is 10.6 Å². The molecule has 0 amide bonds. The lowest BCUT2D eigenvalue weighted by atomic mass is 9.90. The quantitative estimate of drug-likeness (QED) is 0.755. The topological polar surface area (TPSA) is 37.0 Å². The maximum absolute atomic E-state index is 4.29. The van der Waals surface area contributed by atoms with E-state index in [2.05, 4.69) is 49.4 Å². The van der Waals surface area contributed by atoms with Crippen LogP contribution in [0.2, 0.25) is 0 Å². The Labute approximate surface area is 105 Å². The van der Waals surface area contributed by atoms with Gasteiger partial charge in [-0.25, -0.2) is 4.98 Å². The zero-order valence-corrected chi connectivity index (χ0v) is 11.5. The van der Waals surface area contributed by atoms with Gasteiger partial charge in [0.15, 0.2) is 0 Å². The molecule has 1 rings (SSSR count). The molecule has 1 aromatic rings. The van der Waals surface area contributed by atoms with Crippen molar-refractivity contribution in [3.63, 3.8) is 0 Å². The third-order valence-corrected chi connectivity index (χ3v) is 3.04. The van der Waals surface area contributed by atoms with Crippen LogP contribution in [0.15, 0.2) is 18.3 Å². The summed E-state index contributed by atoms with van der Waals surface area (Å²) in [7, 11) is 0. The van der Waals surface area contributed by atoms with E-state index in [1.54, 1.807) is 0 Å². The Kier molecular flexibility index (Phi) is 5.26. The van der Waals surface area contributed by atoms with Gasteiger partial charge in [0, 0.05) is 31.0 Å². The molecular weight excluding hydrogens is 210 g/mol. The van der Waals surface area contributed by atoms with Crippen molar-refractivity contribution in [3.05, 3.63) is 18.3 Å². The Morgan fingerprint density at radius 3 is 2.65 bits per heavy atom. The monoisotopic (exact) mass is 235 g/mol. The van der Waals surface area contributed by atoms with E-state index in [4.69, 9.17) is 0 Å². The molecule has 3 nitrogen and oxygen atoms in total. The molecule has 0 aromatic carbocycles. The van der Waals surface area contributed by atoms with Crippen LogP contribution < -0.4 is 10.6 Å². The van der Waals surface area contributed by atoms with Gasteiger partial charge in [-0.15, -0.1) is 0 Å². The number of pyridine rings is 1. The van der Waals surface area contributed by atoms with Gasteiger partial charge >= 0.3 is 0 Å². The zero-order valence-electron chi connectivity index (χ0n) is 11.5. The van der Waals surface area contributed by atoms with Crippen molar-refractivity contribution in [2.24, 2.45) is 5.41 Å². The molecule has 0 bridgehead atoms. The summed E-state index contributed by atoms with van der Waals surface area (Å²) >= 11 is 0. The maximum atomic E-state index is 4.29. The van der Waals surface area contributed by atoms with E-state index in [9.17, 15) is 0 Å².